The van der Waals surface area contributed by atoms with Gasteiger partial charge in [0.05, 0.1) is 18.4 Å². The van der Waals surface area contributed by atoms with Gasteiger partial charge in [-0.05, 0) is 18.4 Å². The first kappa shape index (κ1) is 16.5. The summed E-state index contributed by atoms with van der Waals surface area (Å²) in [6, 6.07) is 3.59. The molecular weight excluding hydrogens is 300 g/mol. The minimum Gasteiger partial charge on any atom is -0.383 e. The maximum absolute atomic E-state index is 12.8. The number of methoxy groups -OCH3 is 1. The van der Waals surface area contributed by atoms with Crippen molar-refractivity contribution in [1.82, 2.24) is 19.7 Å². The Kier molecular flexibility index (Phi) is 5.97. The third kappa shape index (κ3) is 4.08. The lowest BCUT2D eigenvalue weighted by Crippen LogP contribution is -2.33. The fourth-order valence-corrected chi connectivity index (χ4v) is 2.66. The zero-order chi connectivity index (χ0) is 15.9. The van der Waals surface area contributed by atoms with Crippen LogP contribution in [0.3, 0.4) is 0 Å². The average Bonchev–Trinajstić information content (AvgIpc) is 2.95. The number of hydrogen-bond donors (Lipinski definition) is 0. The van der Waals surface area contributed by atoms with Crippen LogP contribution in [0.2, 0.25) is 0 Å². The summed E-state index contributed by atoms with van der Waals surface area (Å²) in [6.45, 7) is 1.51. The molecule has 0 saturated heterocycles. The molecule has 0 N–H and O–H groups in total. The van der Waals surface area contributed by atoms with E-state index in [1.165, 1.54) is 11.8 Å². The second kappa shape index (κ2) is 7.95. The number of carbonyl (C=O) groups excluding carboxylic acids is 1. The molecule has 0 aliphatic carbocycles. The van der Waals surface area contributed by atoms with E-state index in [0.29, 0.717) is 25.3 Å². The predicted molar refractivity (Wildman–Crippen MR) is 85.8 cm³/mol. The molecule has 0 bridgehead atoms. The van der Waals surface area contributed by atoms with E-state index in [-0.39, 0.29) is 5.91 Å². The van der Waals surface area contributed by atoms with Gasteiger partial charge in [0.15, 0.2) is 0 Å². The molecule has 0 radical (unpaired) electrons. The molecule has 22 heavy (non-hydrogen) atoms. The Morgan fingerprint density at radius 2 is 2.32 bits per heavy atom. The topological polar surface area (TPSA) is 60.2 Å². The van der Waals surface area contributed by atoms with Gasteiger partial charge in [-0.25, -0.2) is 4.98 Å². The first-order chi connectivity index (χ1) is 10.7. The third-order valence-electron chi connectivity index (χ3n) is 3.18. The van der Waals surface area contributed by atoms with Crippen LogP contribution in [0.1, 0.15) is 15.9 Å². The number of nitrogens with zero attached hydrogens (tertiary/aromatic N) is 4. The van der Waals surface area contributed by atoms with Crippen LogP contribution in [0.4, 0.5) is 0 Å². The number of ether oxygens (including phenoxy) is 1. The molecule has 0 spiro atoms. The number of aryl methyl sites for hydroxylation is 1. The summed E-state index contributed by atoms with van der Waals surface area (Å²) in [5, 5.41) is 4.88. The van der Waals surface area contributed by atoms with Crippen LogP contribution in [-0.2, 0) is 18.3 Å². The molecular formula is C15H20N4O2S. The van der Waals surface area contributed by atoms with Gasteiger partial charge in [-0.3, -0.25) is 9.48 Å². The van der Waals surface area contributed by atoms with Crippen molar-refractivity contribution in [2.45, 2.75) is 11.6 Å². The van der Waals surface area contributed by atoms with Gasteiger partial charge >= 0.3 is 0 Å². The van der Waals surface area contributed by atoms with Crippen LogP contribution in [0.25, 0.3) is 0 Å². The number of pyridine rings is 1. The molecule has 0 fully saturated rings. The maximum atomic E-state index is 12.8. The normalized spacial score (nSPS) is 10.7. The average molecular weight is 320 g/mol. The Morgan fingerprint density at radius 1 is 1.50 bits per heavy atom. The van der Waals surface area contributed by atoms with E-state index >= 15 is 0 Å². The summed E-state index contributed by atoms with van der Waals surface area (Å²) in [5.74, 6) is -0.0432. The molecule has 0 atom stereocenters. The number of rotatable bonds is 7. The lowest BCUT2D eigenvalue weighted by atomic mass is 10.2. The van der Waals surface area contributed by atoms with Gasteiger partial charge in [0.2, 0.25) is 0 Å². The van der Waals surface area contributed by atoms with Crippen LogP contribution < -0.4 is 0 Å². The SMILES string of the molecule is COCCN(Cc1cnn(C)c1)C(=O)c1cccnc1SC. The van der Waals surface area contributed by atoms with Crippen LogP contribution in [0.5, 0.6) is 0 Å². The zero-order valence-corrected chi connectivity index (χ0v) is 13.8. The second-order valence-electron chi connectivity index (χ2n) is 4.80. The highest BCUT2D eigenvalue weighted by Gasteiger charge is 2.19. The second-order valence-corrected chi connectivity index (χ2v) is 5.60. The zero-order valence-electron chi connectivity index (χ0n) is 13.0. The highest BCUT2D eigenvalue weighted by Crippen LogP contribution is 2.19. The molecule has 2 aromatic rings. The van der Waals surface area contributed by atoms with Crippen molar-refractivity contribution >= 4 is 17.7 Å². The highest BCUT2D eigenvalue weighted by atomic mass is 32.2. The summed E-state index contributed by atoms with van der Waals surface area (Å²) >= 11 is 1.47. The fraction of sp³-hybridized carbons (Fsp3) is 0.400. The number of carbonyl (C=O) groups is 1. The van der Waals surface area contributed by atoms with E-state index in [0.717, 1.165) is 10.6 Å². The number of amides is 1. The summed E-state index contributed by atoms with van der Waals surface area (Å²) in [5.41, 5.74) is 1.61. The van der Waals surface area contributed by atoms with Crippen LogP contribution in [0.15, 0.2) is 35.7 Å². The van der Waals surface area contributed by atoms with Crippen molar-refractivity contribution in [2.24, 2.45) is 7.05 Å². The number of thioether (sulfide) groups is 1. The lowest BCUT2D eigenvalue weighted by Gasteiger charge is -2.22. The Hall–Kier alpha value is -1.86. The molecule has 0 aliphatic rings. The van der Waals surface area contributed by atoms with E-state index < -0.39 is 0 Å². The molecule has 6 nitrogen and oxygen atoms in total. The van der Waals surface area contributed by atoms with Crippen molar-refractivity contribution < 1.29 is 9.53 Å². The summed E-state index contributed by atoms with van der Waals surface area (Å²) in [6.07, 6.45) is 7.29. The van der Waals surface area contributed by atoms with Gasteiger partial charge in [0.1, 0.15) is 5.03 Å². The molecule has 7 heteroatoms. The third-order valence-corrected chi connectivity index (χ3v) is 3.89. The quantitative estimate of drug-likeness (QED) is 0.728. The van der Waals surface area contributed by atoms with Gasteiger partial charge < -0.3 is 9.64 Å². The van der Waals surface area contributed by atoms with Gasteiger partial charge in [-0.1, -0.05) is 0 Å². The Labute approximate surface area is 134 Å². The smallest absolute Gasteiger partial charge is 0.256 e. The highest BCUT2D eigenvalue weighted by molar-refractivity contribution is 7.98. The molecule has 0 saturated carbocycles. The van der Waals surface area contributed by atoms with E-state index in [4.69, 9.17) is 4.74 Å². The van der Waals surface area contributed by atoms with Crippen molar-refractivity contribution in [3.63, 3.8) is 0 Å². The van der Waals surface area contributed by atoms with E-state index in [1.807, 2.05) is 25.6 Å². The Bertz CT molecular complexity index is 630. The predicted octanol–water partition coefficient (Wildman–Crippen LogP) is 1.83. The summed E-state index contributed by atoms with van der Waals surface area (Å²) in [4.78, 5) is 18.9. The van der Waals surface area contributed by atoms with Gasteiger partial charge in [0, 0.05) is 45.2 Å². The molecule has 0 unspecified atom stereocenters. The minimum absolute atomic E-state index is 0.0432. The molecule has 2 heterocycles. The summed E-state index contributed by atoms with van der Waals surface area (Å²) in [7, 11) is 3.49. The maximum Gasteiger partial charge on any atom is 0.256 e. The molecule has 1 amide bonds. The van der Waals surface area contributed by atoms with E-state index in [2.05, 4.69) is 10.1 Å². The van der Waals surface area contributed by atoms with Crippen LogP contribution in [-0.4, -0.2) is 52.1 Å². The molecule has 118 valence electrons. The van der Waals surface area contributed by atoms with E-state index in [9.17, 15) is 4.79 Å². The van der Waals surface area contributed by atoms with Gasteiger partial charge in [0.25, 0.3) is 5.91 Å². The lowest BCUT2D eigenvalue weighted by molar-refractivity contribution is 0.0676. The first-order valence-corrected chi connectivity index (χ1v) is 8.13. The summed E-state index contributed by atoms with van der Waals surface area (Å²) < 4.78 is 6.85. The standard InChI is InChI=1S/C15H20N4O2S/c1-18-10-12(9-17-18)11-19(7-8-21-2)15(20)13-5-4-6-16-14(13)22-3/h4-6,9-10H,7-8,11H2,1-3H3. The van der Waals surface area contributed by atoms with Crippen molar-refractivity contribution in [2.75, 3.05) is 26.5 Å². The first-order valence-electron chi connectivity index (χ1n) is 6.90. The van der Waals surface area contributed by atoms with Crippen molar-refractivity contribution in [1.29, 1.82) is 0 Å². The van der Waals surface area contributed by atoms with Gasteiger partial charge in [-0.15, -0.1) is 11.8 Å². The minimum atomic E-state index is -0.0432. The molecule has 2 rings (SSSR count). The molecule has 2 aromatic heterocycles. The van der Waals surface area contributed by atoms with Crippen LogP contribution >= 0.6 is 11.8 Å². The largest absolute Gasteiger partial charge is 0.383 e. The van der Waals surface area contributed by atoms with Gasteiger partial charge in [-0.2, -0.15) is 5.10 Å². The number of aromatic nitrogens is 3. The number of hydrogen-bond acceptors (Lipinski definition) is 5. The monoisotopic (exact) mass is 320 g/mol. The van der Waals surface area contributed by atoms with E-state index in [1.54, 1.807) is 35.2 Å². The van der Waals surface area contributed by atoms with Crippen molar-refractivity contribution in [3.05, 3.63) is 41.9 Å². The Morgan fingerprint density at radius 3 is 2.95 bits per heavy atom. The Balaban J connectivity index is 2.21. The fourth-order valence-electron chi connectivity index (χ4n) is 2.11. The van der Waals surface area contributed by atoms with Crippen molar-refractivity contribution in [3.8, 4) is 0 Å². The molecule has 0 aromatic carbocycles. The van der Waals surface area contributed by atoms with Crippen LogP contribution in [0, 0.1) is 0 Å². The molecule has 0 aliphatic heterocycles.